The third-order valence-corrected chi connectivity index (χ3v) is 13.3. The van der Waals surface area contributed by atoms with E-state index in [0.717, 1.165) is 38.5 Å². The van der Waals surface area contributed by atoms with E-state index >= 15 is 0 Å². The summed E-state index contributed by atoms with van der Waals surface area (Å²) in [5, 5.41) is 8.74. The fourth-order valence-electron chi connectivity index (χ4n) is 10.6. The minimum atomic E-state index is -1.01. The van der Waals surface area contributed by atoms with Crippen LogP contribution in [0.2, 0.25) is 0 Å². The summed E-state index contributed by atoms with van der Waals surface area (Å²) in [4.78, 5) is 46.8. The Morgan fingerprint density at radius 3 is 1.73 bits per heavy atom. The summed E-state index contributed by atoms with van der Waals surface area (Å²) in [6, 6.07) is 0. The van der Waals surface area contributed by atoms with Crippen molar-refractivity contribution >= 4 is 41.5 Å². The summed E-state index contributed by atoms with van der Waals surface area (Å²) in [5.41, 5.74) is -1.19. The molecule has 274 valence electrons. The number of rotatable bonds is 5. The molecule has 0 aromatic rings. The summed E-state index contributed by atoms with van der Waals surface area (Å²) >= 11 is 0. The van der Waals surface area contributed by atoms with Crippen LogP contribution >= 0.6 is 0 Å². The van der Waals surface area contributed by atoms with Gasteiger partial charge in [0.05, 0.1) is 6.42 Å². The molecule has 0 aromatic heterocycles. The molecule has 10 rings (SSSR count). The van der Waals surface area contributed by atoms with Gasteiger partial charge in [0.25, 0.3) is 0 Å². The fourth-order valence-corrected chi connectivity index (χ4v) is 10.6. The van der Waals surface area contributed by atoms with Crippen LogP contribution in [0.25, 0.3) is 0 Å². The van der Waals surface area contributed by atoms with Crippen molar-refractivity contribution in [3.63, 3.8) is 0 Å². The molecule has 10 aliphatic rings. The van der Waals surface area contributed by atoms with Gasteiger partial charge in [0.2, 0.25) is 11.6 Å². The second-order valence-corrected chi connectivity index (χ2v) is 16.1. The van der Waals surface area contributed by atoms with Crippen LogP contribution < -0.4 is 0 Å². The Morgan fingerprint density at radius 2 is 1.22 bits per heavy atom. The van der Waals surface area contributed by atoms with Gasteiger partial charge >= 0.3 is 41.5 Å². The molecular weight excluding hydrogens is 651 g/mol. The van der Waals surface area contributed by atoms with Crippen LogP contribution in [0.1, 0.15) is 99.3 Å². The molecule has 0 radical (unpaired) electrons. The molecule has 2 aliphatic carbocycles. The third-order valence-electron chi connectivity index (χ3n) is 13.3. The van der Waals surface area contributed by atoms with E-state index in [-0.39, 0.29) is 72.5 Å². The summed E-state index contributed by atoms with van der Waals surface area (Å²) in [5.74, 6) is -0.914. The summed E-state index contributed by atoms with van der Waals surface area (Å²) in [6.07, 6.45) is 5.47. The third kappa shape index (κ3) is 6.27. The molecule has 8 saturated heterocycles. The molecule has 2 spiro atoms. The van der Waals surface area contributed by atoms with Crippen molar-refractivity contribution in [2.75, 3.05) is 13.7 Å². The molecule has 4 bridgehead atoms. The van der Waals surface area contributed by atoms with Gasteiger partial charge in [-0.15, -0.1) is 0 Å². The van der Waals surface area contributed by atoms with Crippen LogP contribution in [0.4, 0.5) is 0 Å². The van der Waals surface area contributed by atoms with Gasteiger partial charge in [0, 0.05) is 37.7 Å². The van der Waals surface area contributed by atoms with E-state index in [1.54, 1.807) is 7.11 Å². The van der Waals surface area contributed by atoms with Crippen LogP contribution in [0.3, 0.4) is 0 Å². The molecule has 13 nitrogen and oxygen atoms in total. The molecule has 14 heteroatoms. The summed E-state index contributed by atoms with van der Waals surface area (Å²) in [6.45, 7) is 12.3. The molecule has 2 saturated carbocycles. The molecule has 8 aliphatic heterocycles. The minimum absolute atomic E-state index is 0. The van der Waals surface area contributed by atoms with Crippen LogP contribution in [0, 0.1) is 47.3 Å². The molecule has 0 amide bonds. The van der Waals surface area contributed by atoms with Crippen molar-refractivity contribution in [2.45, 2.75) is 147 Å². The Labute approximate surface area is 311 Å². The average molecular weight is 707 g/mol. The molecule has 49 heavy (non-hydrogen) atoms. The zero-order chi connectivity index (χ0) is 34.2. The number of fused-ring (bicyclic) bond motifs is 4. The number of carbonyl (C=O) groups is 2. The molecular formula is C35H55NaO13. The van der Waals surface area contributed by atoms with Crippen LogP contribution in [-0.4, -0.2) is 108 Å². The SMILES string of the molecule is CO[C@H]1O[C@@H]2O[C@]3(C)CC[C@H]4[C@H](C)CC[C@@H]([C@H]1C)C24OO3.C[C@H]1[C@H](C(=O)OCCC(=O)O)O[C@@H]2O[C@]3(C)CC[C@H]4[C@H](C)CC[C@@H]1C24OO3.[NaH]. The Bertz CT molecular complexity index is 1240. The Morgan fingerprint density at radius 1 is 0.714 bits per heavy atom. The van der Waals surface area contributed by atoms with Crippen LogP contribution in [0.15, 0.2) is 0 Å². The monoisotopic (exact) mass is 706 g/mol. The van der Waals surface area contributed by atoms with E-state index in [2.05, 4.69) is 20.8 Å². The van der Waals surface area contributed by atoms with Crippen LogP contribution in [0.5, 0.6) is 0 Å². The summed E-state index contributed by atoms with van der Waals surface area (Å²) in [7, 11) is 1.70. The van der Waals surface area contributed by atoms with E-state index in [0.29, 0.717) is 30.1 Å². The van der Waals surface area contributed by atoms with Crippen molar-refractivity contribution in [3.8, 4) is 0 Å². The van der Waals surface area contributed by atoms with Gasteiger partial charge in [-0.1, -0.05) is 27.7 Å². The first-order chi connectivity index (χ1) is 22.8. The van der Waals surface area contributed by atoms with E-state index in [1.165, 1.54) is 6.42 Å². The van der Waals surface area contributed by atoms with Gasteiger partial charge < -0.3 is 33.5 Å². The zero-order valence-electron chi connectivity index (χ0n) is 29.3. The van der Waals surface area contributed by atoms with E-state index in [4.69, 9.17) is 53.1 Å². The molecule has 0 aromatic carbocycles. The molecule has 16 atom stereocenters. The Hall–Kier alpha value is -0.420. The number of carboxylic acid groups (broad SMARTS) is 1. The zero-order valence-corrected chi connectivity index (χ0v) is 29.3. The van der Waals surface area contributed by atoms with Crippen molar-refractivity contribution < 1.29 is 62.7 Å². The van der Waals surface area contributed by atoms with Crippen molar-refractivity contribution in [1.82, 2.24) is 0 Å². The molecule has 10 fully saturated rings. The van der Waals surface area contributed by atoms with Gasteiger partial charge in [-0.05, 0) is 82.0 Å². The van der Waals surface area contributed by atoms with Crippen molar-refractivity contribution in [1.29, 1.82) is 0 Å². The van der Waals surface area contributed by atoms with Crippen LogP contribution in [-0.2, 0) is 57.6 Å². The van der Waals surface area contributed by atoms with E-state index in [9.17, 15) is 9.59 Å². The number of hydrogen-bond acceptors (Lipinski definition) is 12. The first-order valence-corrected chi connectivity index (χ1v) is 18.1. The number of hydrogen-bond donors (Lipinski definition) is 1. The maximum absolute atomic E-state index is 12.6. The molecule has 2 unspecified atom stereocenters. The van der Waals surface area contributed by atoms with Gasteiger partial charge in [-0.2, -0.15) is 0 Å². The number of esters is 1. The van der Waals surface area contributed by atoms with Crippen molar-refractivity contribution in [3.05, 3.63) is 0 Å². The maximum atomic E-state index is 12.6. The first kappa shape index (κ1) is 38.3. The summed E-state index contributed by atoms with van der Waals surface area (Å²) < 4.78 is 35.4. The standard InChI is InChI=1S/C19H28O8.C16H26O5.Na.H/c1-10-4-5-13-11(2)15(16(22)23-9-7-14(20)21)24-17-19(13)12(10)6-8-18(3,25-17)26-27-19;1-9-5-6-12-10(2)13(17-4)18-14-16(12)11(9)7-8-15(3,19-14)20-21-16;;/h10-13,15,17H,4-9H2,1-3H3,(H,20,21);9-14H,5-8H2,1-4H3;;/t10-,11-,12+,13+,15-,17-,18+,19?;9-,10-,11+,12+,13+,14-,15+,16?;;/m11../s1. The van der Waals surface area contributed by atoms with Gasteiger partial charge in [0.1, 0.15) is 6.61 Å². The number of methoxy groups -OCH3 is 1. The van der Waals surface area contributed by atoms with Gasteiger partial charge in [-0.25, -0.2) is 24.3 Å². The Balaban J connectivity index is 0.000000171. The predicted octanol–water partition coefficient (Wildman–Crippen LogP) is 4.45. The molecule has 1 N–H and O–H groups in total. The quantitative estimate of drug-likeness (QED) is 0.244. The second kappa shape index (κ2) is 14.1. The van der Waals surface area contributed by atoms with Crippen molar-refractivity contribution in [2.24, 2.45) is 47.3 Å². The van der Waals surface area contributed by atoms with E-state index in [1.807, 2.05) is 20.8 Å². The average Bonchev–Trinajstić information content (AvgIpc) is 3.42. The van der Waals surface area contributed by atoms with Gasteiger partial charge in [0.15, 0.2) is 36.2 Å². The number of carbonyl (C=O) groups excluding carboxylic acids is 1. The Kier molecular flexibility index (Phi) is 11.0. The normalized spacial score (nSPS) is 52.1. The predicted molar refractivity (Wildman–Crippen MR) is 171 cm³/mol. The number of carboxylic acids is 1. The number of ether oxygens (including phenoxy) is 6. The molecule has 8 heterocycles. The second-order valence-electron chi connectivity index (χ2n) is 16.1. The number of aliphatic carboxylic acids is 1. The topological polar surface area (TPSA) is 147 Å². The van der Waals surface area contributed by atoms with Gasteiger partial charge in [-0.3, -0.25) is 4.79 Å². The first-order valence-electron chi connectivity index (χ1n) is 18.1. The fraction of sp³-hybridized carbons (Fsp3) is 0.943. The van der Waals surface area contributed by atoms with E-state index < -0.39 is 53.4 Å².